The first kappa shape index (κ1) is 36.8. The van der Waals surface area contributed by atoms with Gasteiger partial charge in [0.15, 0.2) is 17.4 Å². The van der Waals surface area contributed by atoms with Gasteiger partial charge < -0.3 is 29.9 Å². The van der Waals surface area contributed by atoms with Crippen LogP contribution in [0.4, 0.5) is 21.6 Å². The Morgan fingerprint density at radius 2 is 1.84 bits per heavy atom. The van der Waals surface area contributed by atoms with Crippen molar-refractivity contribution in [2.24, 2.45) is 0 Å². The fraction of sp³-hybridized carbons (Fsp3) is 0.429. The van der Waals surface area contributed by atoms with E-state index in [1.165, 1.54) is 11.6 Å². The van der Waals surface area contributed by atoms with Crippen molar-refractivity contribution >= 4 is 34.9 Å². The number of imide groups is 1. The molecule has 0 bridgehead atoms. The summed E-state index contributed by atoms with van der Waals surface area (Å²) in [6.07, 6.45) is 2.10. The van der Waals surface area contributed by atoms with Crippen molar-refractivity contribution < 1.29 is 28.6 Å². The van der Waals surface area contributed by atoms with Gasteiger partial charge in [-0.2, -0.15) is 0 Å². The summed E-state index contributed by atoms with van der Waals surface area (Å²) >= 11 is 0. The average molecular weight is 776 g/mol. The molecule has 15 heteroatoms. The van der Waals surface area contributed by atoms with Crippen molar-refractivity contribution in [3.05, 3.63) is 82.3 Å². The van der Waals surface area contributed by atoms with Crippen LogP contribution in [0.15, 0.2) is 48.5 Å². The van der Waals surface area contributed by atoms with Crippen LogP contribution >= 0.6 is 0 Å². The van der Waals surface area contributed by atoms with Gasteiger partial charge in [0, 0.05) is 87.2 Å². The van der Waals surface area contributed by atoms with Crippen LogP contribution in [0.5, 0.6) is 11.6 Å². The fourth-order valence-electron chi connectivity index (χ4n) is 9.29. The van der Waals surface area contributed by atoms with Gasteiger partial charge >= 0.3 is 0 Å². The van der Waals surface area contributed by atoms with Gasteiger partial charge in [-0.05, 0) is 73.7 Å². The van der Waals surface area contributed by atoms with Crippen molar-refractivity contribution in [1.82, 2.24) is 30.3 Å². The van der Waals surface area contributed by atoms with Crippen molar-refractivity contribution in [2.75, 3.05) is 54.4 Å². The Balaban J connectivity index is 0.835. The lowest BCUT2D eigenvalue weighted by atomic mass is 9.90. The molecule has 5 aliphatic heterocycles. The molecule has 0 spiro atoms. The number of aromatic nitrogens is 3. The minimum absolute atomic E-state index is 0.128. The Morgan fingerprint density at radius 1 is 1.02 bits per heavy atom. The smallest absolute Gasteiger partial charge is 0.255 e. The molecule has 3 amide bonds. The number of phenolic OH excluding ortho intramolecular Hbond substituents is 1. The van der Waals surface area contributed by atoms with Crippen LogP contribution < -0.4 is 25.2 Å². The van der Waals surface area contributed by atoms with Crippen molar-refractivity contribution in [3.63, 3.8) is 0 Å². The number of fused-ring (bicyclic) bond motifs is 4. The standard InChI is InChI=1S/C42H46FN9O5/c1-4-42-19-28(21-52(42)35-18-33(47-48-39(35)44-23-42)29-6-5-7-32(43)38(29)54)57-37-16-24(2)31(25(3)45-37)22-49-12-14-50(15-13-49)27-9-8-26-20-51(41(56)30(26)17-27)34-10-11-36(53)46-40(34)55/h5-9,16-18,28,34,54H,4,10-15,19-23H2,1-3H3,(H,44,48)(H,46,53,55)/t28-,34?,42-/m1/s1. The largest absolute Gasteiger partial charge is 0.504 e. The molecule has 4 aromatic rings. The monoisotopic (exact) mass is 775 g/mol. The number of pyridine rings is 1. The van der Waals surface area contributed by atoms with Gasteiger partial charge in [-0.15, -0.1) is 10.2 Å². The van der Waals surface area contributed by atoms with Crippen molar-refractivity contribution in [3.8, 4) is 22.9 Å². The number of hydrogen-bond acceptors (Lipinski definition) is 12. The third kappa shape index (κ3) is 6.56. The van der Waals surface area contributed by atoms with E-state index in [1.807, 2.05) is 31.2 Å². The maximum Gasteiger partial charge on any atom is 0.255 e. The molecule has 3 fully saturated rings. The van der Waals surface area contributed by atoms with Gasteiger partial charge in [0.05, 0.1) is 23.5 Å². The van der Waals surface area contributed by atoms with Gasteiger partial charge in [-0.25, -0.2) is 9.37 Å². The van der Waals surface area contributed by atoms with Gasteiger partial charge in [0.25, 0.3) is 5.91 Å². The number of aryl methyl sites for hydroxylation is 2. The van der Waals surface area contributed by atoms with Crippen LogP contribution in [0, 0.1) is 19.7 Å². The van der Waals surface area contributed by atoms with E-state index in [9.17, 15) is 23.9 Å². The summed E-state index contributed by atoms with van der Waals surface area (Å²) in [4.78, 5) is 51.1. The fourth-order valence-corrected chi connectivity index (χ4v) is 9.29. The third-order valence-electron chi connectivity index (χ3n) is 12.6. The van der Waals surface area contributed by atoms with Gasteiger partial charge in [0.2, 0.25) is 17.7 Å². The van der Waals surface area contributed by atoms with Gasteiger partial charge in [-0.3, -0.25) is 24.6 Å². The molecule has 2 aromatic heterocycles. The Bertz CT molecular complexity index is 2270. The Hall–Kier alpha value is -5.83. The molecule has 296 valence electrons. The number of para-hydroxylation sites is 1. The van der Waals surface area contributed by atoms with E-state index in [1.54, 1.807) is 17.0 Å². The van der Waals surface area contributed by atoms with Crippen molar-refractivity contribution in [2.45, 2.75) is 77.2 Å². The summed E-state index contributed by atoms with van der Waals surface area (Å²) in [5, 5.41) is 24.9. The molecule has 5 aliphatic rings. The number of ether oxygens (including phenoxy) is 1. The van der Waals surface area contributed by atoms with Crippen LogP contribution in [-0.4, -0.2) is 105 Å². The molecule has 0 aliphatic carbocycles. The van der Waals surface area contributed by atoms with E-state index in [4.69, 9.17) is 9.72 Å². The number of piperazine rings is 1. The lowest BCUT2D eigenvalue weighted by molar-refractivity contribution is -0.136. The minimum Gasteiger partial charge on any atom is -0.504 e. The molecule has 1 unspecified atom stereocenters. The highest BCUT2D eigenvalue weighted by Gasteiger charge is 2.49. The molecule has 3 atom stereocenters. The van der Waals surface area contributed by atoms with Crippen LogP contribution in [0.2, 0.25) is 0 Å². The second kappa shape index (κ2) is 14.3. The number of nitrogens with zero attached hydrogens (tertiary/aromatic N) is 7. The molecule has 3 saturated heterocycles. The normalized spacial score (nSPS) is 23.2. The number of carbonyl (C=O) groups excluding carboxylic acids is 3. The highest BCUT2D eigenvalue weighted by molar-refractivity contribution is 6.05. The lowest BCUT2D eigenvalue weighted by Gasteiger charge is -2.43. The van der Waals surface area contributed by atoms with Crippen LogP contribution in [0.1, 0.15) is 65.3 Å². The zero-order valence-corrected chi connectivity index (χ0v) is 32.3. The Morgan fingerprint density at radius 3 is 2.61 bits per heavy atom. The number of phenols is 1. The quantitative estimate of drug-likeness (QED) is 0.219. The number of rotatable bonds is 8. The maximum atomic E-state index is 14.2. The summed E-state index contributed by atoms with van der Waals surface area (Å²) < 4.78 is 20.8. The van der Waals surface area contributed by atoms with E-state index in [-0.39, 0.29) is 29.9 Å². The Kier molecular flexibility index (Phi) is 9.21. The average Bonchev–Trinajstić information content (AvgIpc) is 3.74. The highest BCUT2D eigenvalue weighted by Crippen LogP contribution is 2.45. The molecule has 0 saturated carbocycles. The SMILES string of the molecule is CC[C@@]12CNc3nnc(-c4cccc(F)c4O)cc3N1C[C@H](Oc1cc(C)c(CN3CCN(c4ccc5c(c4)C(=O)N(C4CCC(=O)NC4=O)C5)CC3)c(C)n1)C2. The maximum absolute atomic E-state index is 14.2. The summed E-state index contributed by atoms with van der Waals surface area (Å²) in [5.74, 6) is -0.749. The molecule has 9 rings (SSSR count). The molecular formula is C42H46FN9O5. The van der Waals surface area contributed by atoms with Crippen molar-refractivity contribution in [1.29, 1.82) is 0 Å². The molecular weight excluding hydrogens is 730 g/mol. The molecule has 2 aromatic carbocycles. The number of carbonyl (C=O) groups is 3. The second-order valence-corrected chi connectivity index (χ2v) is 15.9. The third-order valence-corrected chi connectivity index (χ3v) is 12.6. The second-order valence-electron chi connectivity index (χ2n) is 15.9. The molecule has 3 N–H and O–H groups in total. The lowest BCUT2D eigenvalue weighted by Crippen LogP contribution is -2.52. The number of aromatic hydroxyl groups is 1. The van der Waals surface area contributed by atoms with Gasteiger partial charge in [-0.1, -0.05) is 19.1 Å². The van der Waals surface area contributed by atoms with Gasteiger partial charge in [0.1, 0.15) is 12.1 Å². The van der Waals surface area contributed by atoms with Crippen LogP contribution in [0.3, 0.4) is 0 Å². The number of anilines is 3. The number of hydrogen-bond donors (Lipinski definition) is 3. The summed E-state index contributed by atoms with van der Waals surface area (Å²) in [6, 6.07) is 13.7. The zero-order chi connectivity index (χ0) is 39.6. The van der Waals surface area contributed by atoms with Crippen LogP contribution in [0.25, 0.3) is 11.3 Å². The topological polar surface area (TPSA) is 156 Å². The first-order valence-electron chi connectivity index (χ1n) is 19.8. The summed E-state index contributed by atoms with van der Waals surface area (Å²) in [6.45, 7) is 12.1. The number of piperidine rings is 1. The van der Waals surface area contributed by atoms with E-state index in [0.29, 0.717) is 54.6 Å². The number of benzene rings is 2. The molecule has 7 heterocycles. The minimum atomic E-state index is -0.705. The van der Waals surface area contributed by atoms with Crippen LogP contribution in [-0.2, 0) is 22.7 Å². The molecule has 14 nitrogen and oxygen atoms in total. The first-order chi connectivity index (χ1) is 27.5. The predicted octanol–water partition coefficient (Wildman–Crippen LogP) is 4.32. The van der Waals surface area contributed by atoms with E-state index >= 15 is 0 Å². The Labute approximate surface area is 330 Å². The summed E-state index contributed by atoms with van der Waals surface area (Å²) in [5.41, 5.74) is 7.09. The first-order valence-corrected chi connectivity index (χ1v) is 19.8. The van der Waals surface area contributed by atoms with E-state index in [0.717, 1.165) is 73.8 Å². The molecule has 0 radical (unpaired) electrons. The van der Waals surface area contributed by atoms with E-state index in [2.05, 4.69) is 55.4 Å². The number of nitrogens with one attached hydrogen (secondary N) is 2. The number of halogens is 1. The highest BCUT2D eigenvalue weighted by atomic mass is 19.1. The van der Waals surface area contributed by atoms with E-state index < -0.39 is 23.5 Å². The predicted molar refractivity (Wildman–Crippen MR) is 211 cm³/mol. The molecule has 57 heavy (non-hydrogen) atoms. The number of amides is 3. The zero-order valence-electron chi connectivity index (χ0n) is 32.3. The summed E-state index contributed by atoms with van der Waals surface area (Å²) in [7, 11) is 0.